The van der Waals surface area contributed by atoms with Crippen molar-refractivity contribution in [2.45, 2.75) is 0 Å². The first-order valence-electron chi connectivity index (χ1n) is 19.5. The molecule has 0 saturated heterocycles. The van der Waals surface area contributed by atoms with E-state index in [1.807, 2.05) is 11.3 Å². The lowest BCUT2D eigenvalue weighted by Crippen LogP contribution is -1.94. The molecular weight excluding hydrogens is 709 g/mol. The number of benzene rings is 9. The van der Waals surface area contributed by atoms with Crippen molar-refractivity contribution in [3.63, 3.8) is 0 Å². The van der Waals surface area contributed by atoms with Gasteiger partial charge in [-0.05, 0) is 106 Å². The molecule has 3 aromatic heterocycles. The Morgan fingerprint density at radius 3 is 1.32 bits per heavy atom. The average Bonchev–Trinajstić information content (AvgIpc) is 3.93. The summed E-state index contributed by atoms with van der Waals surface area (Å²) in [4.78, 5) is 0. The molecule has 3 heterocycles. The first kappa shape index (κ1) is 32.1. The summed E-state index contributed by atoms with van der Waals surface area (Å²) in [5.74, 6) is 0. The quantitative estimate of drug-likeness (QED) is 0.166. The maximum absolute atomic E-state index is 2.43. The molecule has 9 aromatic carbocycles. The second-order valence-electron chi connectivity index (χ2n) is 14.9. The molecule has 12 aromatic rings. The topological polar surface area (TPSA) is 9.86 Å². The molecule has 0 aliphatic carbocycles. The number of aromatic nitrogens is 2. The molecule has 0 unspecified atom stereocenters. The molecule has 0 radical (unpaired) electrons. The van der Waals surface area contributed by atoms with Gasteiger partial charge in [0, 0.05) is 53.1 Å². The zero-order valence-corrected chi connectivity index (χ0v) is 31.7. The minimum Gasteiger partial charge on any atom is -0.309 e. The van der Waals surface area contributed by atoms with Crippen LogP contribution in [0.25, 0.3) is 109 Å². The van der Waals surface area contributed by atoms with Crippen LogP contribution in [0.15, 0.2) is 206 Å². The highest BCUT2D eigenvalue weighted by atomic mass is 32.1. The summed E-state index contributed by atoms with van der Waals surface area (Å²) in [7, 11) is 0. The molecule has 2 nitrogen and oxygen atoms in total. The third kappa shape index (κ3) is 5.10. The summed E-state index contributed by atoms with van der Waals surface area (Å²) in [5.41, 5.74) is 14.4. The van der Waals surface area contributed by atoms with Gasteiger partial charge in [0.15, 0.2) is 0 Å². The molecular formula is C54H34N2S. The lowest BCUT2D eigenvalue weighted by atomic mass is 9.99. The Kier molecular flexibility index (Phi) is 7.13. The molecule has 57 heavy (non-hydrogen) atoms. The van der Waals surface area contributed by atoms with Gasteiger partial charge in [-0.2, -0.15) is 0 Å². The predicted molar refractivity (Wildman–Crippen MR) is 244 cm³/mol. The molecule has 0 spiro atoms. The lowest BCUT2D eigenvalue weighted by Gasteiger charge is -2.10. The van der Waals surface area contributed by atoms with E-state index in [0.717, 1.165) is 5.69 Å². The zero-order chi connectivity index (χ0) is 37.5. The molecule has 0 aliphatic rings. The summed E-state index contributed by atoms with van der Waals surface area (Å²) in [5, 5.41) is 7.65. The molecule has 0 bridgehead atoms. The van der Waals surface area contributed by atoms with Crippen LogP contribution in [0.2, 0.25) is 0 Å². The normalized spacial score (nSPS) is 11.9. The van der Waals surface area contributed by atoms with Crippen molar-refractivity contribution < 1.29 is 0 Å². The number of hydrogen-bond acceptors (Lipinski definition) is 1. The Hall–Kier alpha value is -7.20. The van der Waals surface area contributed by atoms with Crippen LogP contribution < -0.4 is 0 Å². The largest absolute Gasteiger partial charge is 0.309 e. The van der Waals surface area contributed by atoms with Crippen molar-refractivity contribution in [1.82, 2.24) is 9.13 Å². The molecule has 266 valence electrons. The van der Waals surface area contributed by atoms with Crippen molar-refractivity contribution in [1.29, 1.82) is 0 Å². The number of para-hydroxylation sites is 1. The van der Waals surface area contributed by atoms with E-state index in [0.29, 0.717) is 0 Å². The third-order valence-corrected chi connectivity index (χ3v) is 12.9. The van der Waals surface area contributed by atoms with E-state index >= 15 is 0 Å². The van der Waals surface area contributed by atoms with Crippen LogP contribution in [0.4, 0.5) is 0 Å². The van der Waals surface area contributed by atoms with Crippen LogP contribution in [0.5, 0.6) is 0 Å². The minimum atomic E-state index is 1.15. The van der Waals surface area contributed by atoms with Crippen LogP contribution in [-0.2, 0) is 0 Å². The first-order chi connectivity index (χ1) is 28.2. The van der Waals surface area contributed by atoms with Gasteiger partial charge in [-0.1, -0.05) is 133 Å². The Bertz CT molecular complexity index is 3490. The van der Waals surface area contributed by atoms with Gasteiger partial charge in [-0.3, -0.25) is 0 Å². The minimum absolute atomic E-state index is 1.15. The smallest absolute Gasteiger partial charge is 0.0541 e. The van der Waals surface area contributed by atoms with E-state index in [1.54, 1.807) is 0 Å². The van der Waals surface area contributed by atoms with Gasteiger partial charge in [0.05, 0.1) is 22.1 Å². The number of fused-ring (bicyclic) bond motifs is 9. The van der Waals surface area contributed by atoms with E-state index in [2.05, 4.69) is 215 Å². The van der Waals surface area contributed by atoms with Gasteiger partial charge in [-0.25, -0.2) is 0 Å². The second-order valence-corrected chi connectivity index (χ2v) is 16.0. The van der Waals surface area contributed by atoms with E-state index in [4.69, 9.17) is 0 Å². The summed E-state index contributed by atoms with van der Waals surface area (Å²) >= 11 is 1.87. The highest BCUT2D eigenvalue weighted by Gasteiger charge is 2.18. The Morgan fingerprint density at radius 1 is 0.246 bits per heavy atom. The van der Waals surface area contributed by atoms with Crippen molar-refractivity contribution in [3.8, 4) is 44.8 Å². The average molecular weight is 743 g/mol. The molecule has 12 rings (SSSR count). The molecule has 0 amide bonds. The Balaban J connectivity index is 1.02. The van der Waals surface area contributed by atoms with Crippen LogP contribution in [0.3, 0.4) is 0 Å². The number of thiophene rings is 1. The molecule has 0 fully saturated rings. The van der Waals surface area contributed by atoms with Gasteiger partial charge in [0.25, 0.3) is 0 Å². The van der Waals surface area contributed by atoms with Crippen LogP contribution in [0, 0.1) is 0 Å². The summed E-state index contributed by atoms with van der Waals surface area (Å²) in [6.45, 7) is 0. The third-order valence-electron chi connectivity index (χ3n) is 11.7. The number of nitrogens with zero attached hydrogens (tertiary/aromatic N) is 2. The van der Waals surface area contributed by atoms with Crippen molar-refractivity contribution in [2.75, 3.05) is 0 Å². The Morgan fingerprint density at radius 2 is 0.667 bits per heavy atom. The summed E-state index contributed by atoms with van der Waals surface area (Å²) in [6, 6.07) is 75.7. The Labute approximate surface area is 333 Å². The van der Waals surface area contributed by atoms with Gasteiger partial charge in [-0.15, -0.1) is 11.3 Å². The fraction of sp³-hybridized carbons (Fsp3) is 0. The van der Waals surface area contributed by atoms with Crippen LogP contribution >= 0.6 is 11.3 Å². The second kappa shape index (κ2) is 12.7. The SMILES string of the molecule is c1ccc(-c2ccc(-n3c4ccc(-c5ccccc5)cc4c4cc(-c5ccc6c(c5)c5ccccc5n6-c5ccc6c(c5)sc5ccccc56)ccc43)cc2)cc1. The fourth-order valence-corrected chi connectivity index (χ4v) is 10.1. The molecule has 0 N–H and O–H groups in total. The van der Waals surface area contributed by atoms with Gasteiger partial charge < -0.3 is 9.13 Å². The lowest BCUT2D eigenvalue weighted by molar-refractivity contribution is 1.18. The fourth-order valence-electron chi connectivity index (χ4n) is 9.01. The highest BCUT2D eigenvalue weighted by Crippen LogP contribution is 2.41. The van der Waals surface area contributed by atoms with Crippen molar-refractivity contribution >= 4 is 75.1 Å². The van der Waals surface area contributed by atoms with E-state index in [9.17, 15) is 0 Å². The first-order valence-corrected chi connectivity index (χ1v) is 20.3. The number of hydrogen-bond donors (Lipinski definition) is 0. The van der Waals surface area contributed by atoms with E-state index in [1.165, 1.54) is 103 Å². The van der Waals surface area contributed by atoms with E-state index in [-0.39, 0.29) is 0 Å². The van der Waals surface area contributed by atoms with Crippen LogP contribution in [-0.4, -0.2) is 9.13 Å². The molecule has 0 atom stereocenters. The number of rotatable bonds is 5. The summed E-state index contributed by atoms with van der Waals surface area (Å²) in [6.07, 6.45) is 0. The van der Waals surface area contributed by atoms with Gasteiger partial charge >= 0.3 is 0 Å². The van der Waals surface area contributed by atoms with Crippen LogP contribution in [0.1, 0.15) is 0 Å². The van der Waals surface area contributed by atoms with Crippen molar-refractivity contribution in [2.24, 2.45) is 0 Å². The maximum Gasteiger partial charge on any atom is 0.0541 e. The molecule has 0 saturated carbocycles. The molecule has 3 heteroatoms. The standard InChI is InChI=1S/C54H34N2S/c1-3-11-35(12-4-1)37-19-24-41(25-20-37)55-51-28-21-38(36-13-5-2-6-14-36)31-47(51)48-33-40(23-30-52(48)55)39-22-29-50-46(32-39)43-15-7-9-17-49(43)56(50)42-26-27-45-44-16-8-10-18-53(44)57-54(45)34-42/h1-34H. The summed E-state index contributed by atoms with van der Waals surface area (Å²) < 4.78 is 7.49. The molecule has 0 aliphatic heterocycles. The van der Waals surface area contributed by atoms with E-state index < -0.39 is 0 Å². The highest BCUT2D eigenvalue weighted by molar-refractivity contribution is 7.25. The monoisotopic (exact) mass is 742 g/mol. The van der Waals surface area contributed by atoms with Crippen molar-refractivity contribution in [3.05, 3.63) is 206 Å². The zero-order valence-electron chi connectivity index (χ0n) is 30.9. The predicted octanol–water partition coefficient (Wildman–Crippen LogP) is 15.2. The van der Waals surface area contributed by atoms with Gasteiger partial charge in [0.1, 0.15) is 0 Å². The van der Waals surface area contributed by atoms with Gasteiger partial charge in [0.2, 0.25) is 0 Å². The maximum atomic E-state index is 2.43.